The van der Waals surface area contributed by atoms with Gasteiger partial charge in [-0.25, -0.2) is 4.99 Å². The van der Waals surface area contributed by atoms with Gasteiger partial charge in [0.25, 0.3) is 0 Å². The van der Waals surface area contributed by atoms with Crippen LogP contribution in [0.15, 0.2) is 53.5 Å². The summed E-state index contributed by atoms with van der Waals surface area (Å²) < 4.78 is 0. The Balaban J connectivity index is 2.26. The summed E-state index contributed by atoms with van der Waals surface area (Å²) in [5, 5.41) is 1.64. The number of thiol groups is 1. The first-order chi connectivity index (χ1) is 9.20. The van der Waals surface area contributed by atoms with Crippen LogP contribution in [0.1, 0.15) is 10.8 Å². The van der Waals surface area contributed by atoms with Crippen molar-refractivity contribution >= 4 is 46.7 Å². The van der Waals surface area contributed by atoms with Gasteiger partial charge in [-0.2, -0.15) is 12.6 Å². The van der Waals surface area contributed by atoms with Crippen LogP contribution in [0.3, 0.4) is 0 Å². The van der Waals surface area contributed by atoms with Crippen LogP contribution < -0.4 is 0 Å². The molecule has 2 aromatic rings. The van der Waals surface area contributed by atoms with Gasteiger partial charge in [-0.1, -0.05) is 35.9 Å². The first-order valence-corrected chi connectivity index (χ1v) is 7.85. The highest BCUT2D eigenvalue weighted by atomic mass is 35.5. The Morgan fingerprint density at radius 3 is 2.42 bits per heavy atom. The highest BCUT2D eigenvalue weighted by Crippen LogP contribution is 2.29. The minimum absolute atomic E-state index is 0.0275. The topological polar surface area (TPSA) is 12.4 Å². The number of thioether (sulfide) groups is 1. The number of halogens is 1. The molecule has 0 aliphatic carbocycles. The molecule has 0 aromatic heterocycles. The summed E-state index contributed by atoms with van der Waals surface area (Å²) in [7, 11) is 0. The molecule has 0 amide bonds. The zero-order valence-electron chi connectivity index (χ0n) is 10.4. The fourth-order valence-electron chi connectivity index (χ4n) is 1.59. The largest absolute Gasteiger partial charge is 0.245 e. The first-order valence-electron chi connectivity index (χ1n) is 5.73. The number of benzene rings is 2. The maximum absolute atomic E-state index is 5.87. The molecule has 19 heavy (non-hydrogen) atoms. The summed E-state index contributed by atoms with van der Waals surface area (Å²) in [4.78, 5) is 4.63. The molecule has 4 heteroatoms. The predicted molar refractivity (Wildman–Crippen MR) is 89.1 cm³/mol. The molecule has 0 saturated carbocycles. The molecule has 0 spiro atoms. The van der Waals surface area contributed by atoms with Crippen LogP contribution in [0.2, 0.25) is 5.02 Å². The zero-order valence-corrected chi connectivity index (χ0v) is 12.8. The van der Waals surface area contributed by atoms with Gasteiger partial charge >= 0.3 is 0 Å². The zero-order chi connectivity index (χ0) is 13.7. The smallest absolute Gasteiger partial charge is 0.0908 e. The normalized spacial score (nSPS) is 13.3. The molecule has 2 aromatic carbocycles. The van der Waals surface area contributed by atoms with E-state index in [1.807, 2.05) is 54.8 Å². The number of aliphatic imine (C=N–C) groups is 1. The quantitative estimate of drug-likeness (QED) is 0.467. The molecule has 97 valence electrons. The second-order valence-corrected chi connectivity index (χ2v) is 5.65. The molecular weight excluding hydrogens is 294 g/mol. The van der Waals surface area contributed by atoms with Crippen molar-refractivity contribution in [3.63, 3.8) is 0 Å². The van der Waals surface area contributed by atoms with Crippen LogP contribution in [-0.4, -0.2) is 11.3 Å². The molecule has 0 heterocycles. The van der Waals surface area contributed by atoms with Crippen LogP contribution in [0.25, 0.3) is 0 Å². The van der Waals surface area contributed by atoms with Gasteiger partial charge in [0.15, 0.2) is 0 Å². The Kier molecular flexibility index (Phi) is 5.37. The second kappa shape index (κ2) is 7.04. The third kappa shape index (κ3) is 4.03. The van der Waals surface area contributed by atoms with E-state index in [0.29, 0.717) is 5.02 Å². The van der Waals surface area contributed by atoms with E-state index in [1.54, 1.807) is 11.8 Å². The highest BCUT2D eigenvalue weighted by Gasteiger charge is 2.13. The predicted octanol–water partition coefficient (Wildman–Crippen LogP) is 5.20. The maximum atomic E-state index is 5.87. The first kappa shape index (κ1) is 14.5. The van der Waals surface area contributed by atoms with Crippen molar-refractivity contribution < 1.29 is 0 Å². The van der Waals surface area contributed by atoms with E-state index < -0.39 is 0 Å². The second-order valence-electron chi connectivity index (χ2n) is 3.87. The third-order valence-electron chi connectivity index (χ3n) is 2.57. The molecule has 1 radical (unpaired) electrons. The van der Waals surface area contributed by atoms with E-state index in [9.17, 15) is 0 Å². The van der Waals surface area contributed by atoms with E-state index in [2.05, 4.69) is 23.7 Å². The lowest BCUT2D eigenvalue weighted by molar-refractivity contribution is 1.31. The van der Waals surface area contributed by atoms with Gasteiger partial charge in [0.05, 0.1) is 16.0 Å². The van der Waals surface area contributed by atoms with Crippen molar-refractivity contribution in [2.24, 2.45) is 4.99 Å². The Bertz CT molecular complexity index is 552. The summed E-state index contributed by atoms with van der Waals surface area (Å²) in [5.41, 5.74) is 2.00. The summed E-state index contributed by atoms with van der Waals surface area (Å²) in [6.07, 6.45) is 2.01. The van der Waals surface area contributed by atoms with E-state index in [-0.39, 0.29) is 5.25 Å². The summed E-state index contributed by atoms with van der Waals surface area (Å²) in [5.74, 6) is 0. The minimum Gasteiger partial charge on any atom is -0.245 e. The minimum atomic E-state index is -0.0275. The average molecular weight is 307 g/mol. The van der Waals surface area contributed by atoms with Crippen molar-refractivity contribution in [3.8, 4) is 0 Å². The molecule has 1 nitrogen and oxygen atoms in total. The van der Waals surface area contributed by atoms with Gasteiger partial charge in [0.1, 0.15) is 0 Å². The lowest BCUT2D eigenvalue weighted by Gasteiger charge is -2.12. The van der Waals surface area contributed by atoms with Crippen molar-refractivity contribution in [2.75, 3.05) is 6.26 Å². The molecule has 0 bridgehead atoms. The third-order valence-corrected chi connectivity index (χ3v) is 4.28. The van der Waals surface area contributed by atoms with Crippen LogP contribution in [0.5, 0.6) is 0 Å². The molecule has 1 unspecified atom stereocenters. The van der Waals surface area contributed by atoms with Crippen LogP contribution >= 0.6 is 36.0 Å². The Morgan fingerprint density at radius 2 is 1.84 bits per heavy atom. The van der Waals surface area contributed by atoms with Crippen molar-refractivity contribution in [1.82, 2.24) is 0 Å². The molecule has 2 rings (SSSR count). The summed E-state index contributed by atoms with van der Waals surface area (Å²) in [6.45, 7) is 0. The highest BCUT2D eigenvalue weighted by molar-refractivity contribution is 8.14. The molecule has 0 fully saturated rings. The van der Waals surface area contributed by atoms with Gasteiger partial charge in [-0.15, -0.1) is 11.8 Å². The Hall–Kier alpha value is -0.900. The summed E-state index contributed by atoms with van der Waals surface area (Å²) in [6, 6.07) is 18.3. The standard InChI is InChI=1S/C15H13ClNS2/c1-19-15(14(18)11-5-3-2-4-6-11)17-13-9-7-12(16)8-10-13/h3-10,14,18H,1H3. The lowest BCUT2D eigenvalue weighted by Crippen LogP contribution is -2.02. The van der Waals surface area contributed by atoms with Crippen molar-refractivity contribution in [2.45, 2.75) is 5.25 Å². The average Bonchev–Trinajstić information content (AvgIpc) is 2.47. The van der Waals surface area contributed by atoms with E-state index >= 15 is 0 Å². The SMILES string of the molecule is CSC(=Nc1ccc(Cl)cc1)C(S)c1cc[c]cc1. The van der Waals surface area contributed by atoms with Gasteiger partial charge in [0, 0.05) is 5.02 Å². The van der Waals surface area contributed by atoms with Gasteiger partial charge < -0.3 is 0 Å². The van der Waals surface area contributed by atoms with E-state index in [0.717, 1.165) is 16.3 Å². The van der Waals surface area contributed by atoms with Gasteiger partial charge in [-0.05, 0) is 42.2 Å². The van der Waals surface area contributed by atoms with Gasteiger partial charge in [-0.3, -0.25) is 0 Å². The van der Waals surface area contributed by atoms with Crippen LogP contribution in [0, 0.1) is 6.07 Å². The number of rotatable bonds is 3. The number of hydrogen-bond acceptors (Lipinski definition) is 3. The molecule has 0 aliphatic rings. The number of hydrogen-bond donors (Lipinski definition) is 1. The Morgan fingerprint density at radius 1 is 1.21 bits per heavy atom. The molecule has 0 N–H and O–H groups in total. The number of nitrogens with zero attached hydrogens (tertiary/aromatic N) is 1. The Labute approximate surface area is 128 Å². The molecule has 0 saturated heterocycles. The summed E-state index contributed by atoms with van der Waals surface area (Å²) >= 11 is 12.1. The molecule has 0 aliphatic heterocycles. The molecule has 1 atom stereocenters. The van der Waals surface area contributed by atoms with E-state index in [4.69, 9.17) is 11.6 Å². The fourth-order valence-corrected chi connectivity index (χ4v) is 2.81. The van der Waals surface area contributed by atoms with E-state index in [1.165, 1.54) is 0 Å². The van der Waals surface area contributed by atoms with Crippen LogP contribution in [0.4, 0.5) is 5.69 Å². The van der Waals surface area contributed by atoms with Crippen LogP contribution in [-0.2, 0) is 0 Å². The fraction of sp³-hybridized carbons (Fsp3) is 0.133. The van der Waals surface area contributed by atoms with Crippen molar-refractivity contribution in [1.29, 1.82) is 0 Å². The lowest BCUT2D eigenvalue weighted by atomic mass is 10.1. The monoisotopic (exact) mass is 306 g/mol. The maximum Gasteiger partial charge on any atom is 0.0908 e. The van der Waals surface area contributed by atoms with Crippen molar-refractivity contribution in [3.05, 3.63) is 65.2 Å². The van der Waals surface area contributed by atoms with Gasteiger partial charge in [0.2, 0.25) is 0 Å². The molecular formula is C15H13ClNS2.